The van der Waals surface area contributed by atoms with Crippen LogP contribution in [0.4, 0.5) is 0 Å². The lowest BCUT2D eigenvalue weighted by atomic mass is 10.0. The zero-order chi connectivity index (χ0) is 13.0. The fraction of sp³-hybridized carbons (Fsp3) is 0.462. The number of nitrogens with one attached hydrogen (secondary N) is 2. The monoisotopic (exact) mass is 268 g/mol. The molecular weight excluding hydrogens is 252 g/mol. The van der Waals surface area contributed by atoms with Crippen LogP contribution in [0.5, 0.6) is 5.75 Å². The van der Waals surface area contributed by atoms with Crippen molar-refractivity contribution in [3.8, 4) is 5.75 Å². The summed E-state index contributed by atoms with van der Waals surface area (Å²) in [6.07, 6.45) is 0.940. The molecule has 4 nitrogen and oxygen atoms in total. The number of ether oxygens (including phenoxy) is 1. The highest BCUT2D eigenvalue weighted by atomic mass is 35.5. The van der Waals surface area contributed by atoms with E-state index in [4.69, 9.17) is 16.3 Å². The topological polar surface area (TPSA) is 50.4 Å². The fourth-order valence-electron chi connectivity index (χ4n) is 2.00. The number of hydrogen-bond donors (Lipinski definition) is 2. The van der Waals surface area contributed by atoms with Crippen LogP contribution in [0.2, 0.25) is 5.02 Å². The first-order valence-corrected chi connectivity index (χ1v) is 6.35. The van der Waals surface area contributed by atoms with Gasteiger partial charge in [-0.05, 0) is 38.1 Å². The average molecular weight is 269 g/mol. The third kappa shape index (κ3) is 3.62. The SMILES string of the molecule is CC1(NC(=O)COc2cccc(Cl)c2)CCNC1. The van der Waals surface area contributed by atoms with E-state index in [9.17, 15) is 4.79 Å². The van der Waals surface area contributed by atoms with Gasteiger partial charge >= 0.3 is 0 Å². The number of rotatable bonds is 4. The van der Waals surface area contributed by atoms with E-state index in [0.717, 1.165) is 19.5 Å². The van der Waals surface area contributed by atoms with Crippen LogP contribution in [0.1, 0.15) is 13.3 Å². The highest BCUT2D eigenvalue weighted by Gasteiger charge is 2.29. The number of hydrogen-bond acceptors (Lipinski definition) is 3. The van der Waals surface area contributed by atoms with Crippen molar-refractivity contribution in [3.05, 3.63) is 29.3 Å². The van der Waals surface area contributed by atoms with Gasteiger partial charge in [-0.2, -0.15) is 0 Å². The van der Waals surface area contributed by atoms with Gasteiger partial charge in [0, 0.05) is 11.6 Å². The molecule has 0 saturated carbocycles. The van der Waals surface area contributed by atoms with Crippen LogP contribution >= 0.6 is 11.6 Å². The highest BCUT2D eigenvalue weighted by molar-refractivity contribution is 6.30. The third-order valence-corrected chi connectivity index (χ3v) is 3.21. The molecule has 1 aromatic carbocycles. The van der Waals surface area contributed by atoms with Gasteiger partial charge in [-0.3, -0.25) is 4.79 Å². The van der Waals surface area contributed by atoms with E-state index in [1.165, 1.54) is 0 Å². The minimum absolute atomic E-state index is 0.00985. The van der Waals surface area contributed by atoms with Crippen LogP contribution in [-0.2, 0) is 4.79 Å². The van der Waals surface area contributed by atoms with E-state index in [1.54, 1.807) is 24.3 Å². The first-order valence-electron chi connectivity index (χ1n) is 5.98. The molecular formula is C13H17ClN2O2. The summed E-state index contributed by atoms with van der Waals surface area (Å²) < 4.78 is 5.39. The predicted molar refractivity (Wildman–Crippen MR) is 71.0 cm³/mol. The summed E-state index contributed by atoms with van der Waals surface area (Å²) in [4.78, 5) is 11.8. The number of halogens is 1. The lowest BCUT2D eigenvalue weighted by Crippen LogP contribution is -2.49. The van der Waals surface area contributed by atoms with E-state index in [0.29, 0.717) is 10.8 Å². The Morgan fingerprint density at radius 2 is 2.44 bits per heavy atom. The highest BCUT2D eigenvalue weighted by Crippen LogP contribution is 2.17. The molecule has 5 heteroatoms. The van der Waals surface area contributed by atoms with E-state index in [-0.39, 0.29) is 18.1 Å². The van der Waals surface area contributed by atoms with Crippen molar-refractivity contribution < 1.29 is 9.53 Å². The molecule has 1 saturated heterocycles. The molecule has 0 aromatic heterocycles. The minimum Gasteiger partial charge on any atom is -0.484 e. The molecule has 2 N–H and O–H groups in total. The predicted octanol–water partition coefficient (Wildman–Crippen LogP) is 1.59. The van der Waals surface area contributed by atoms with Crippen LogP contribution in [-0.4, -0.2) is 31.1 Å². The molecule has 1 atom stereocenters. The van der Waals surface area contributed by atoms with Gasteiger partial charge in [-0.1, -0.05) is 17.7 Å². The van der Waals surface area contributed by atoms with E-state index >= 15 is 0 Å². The van der Waals surface area contributed by atoms with Crippen LogP contribution in [0.3, 0.4) is 0 Å². The van der Waals surface area contributed by atoms with Gasteiger partial charge in [0.1, 0.15) is 5.75 Å². The van der Waals surface area contributed by atoms with Gasteiger partial charge in [0.15, 0.2) is 6.61 Å². The molecule has 0 spiro atoms. The van der Waals surface area contributed by atoms with Gasteiger partial charge in [-0.15, -0.1) is 0 Å². The fourth-order valence-corrected chi connectivity index (χ4v) is 2.18. The first kappa shape index (κ1) is 13.2. The molecule has 98 valence electrons. The van der Waals surface area contributed by atoms with Crippen molar-refractivity contribution >= 4 is 17.5 Å². The minimum atomic E-state index is -0.158. The summed E-state index contributed by atoms with van der Waals surface area (Å²) >= 11 is 5.83. The third-order valence-electron chi connectivity index (χ3n) is 2.98. The quantitative estimate of drug-likeness (QED) is 0.872. The molecule has 2 rings (SSSR count). The van der Waals surface area contributed by atoms with Gasteiger partial charge in [-0.25, -0.2) is 0 Å². The molecule has 0 bridgehead atoms. The largest absolute Gasteiger partial charge is 0.484 e. The van der Waals surface area contributed by atoms with Crippen molar-refractivity contribution in [2.75, 3.05) is 19.7 Å². The Balaban J connectivity index is 1.81. The molecule has 18 heavy (non-hydrogen) atoms. The first-order chi connectivity index (χ1) is 8.57. The maximum absolute atomic E-state index is 11.8. The number of carbonyl (C=O) groups is 1. The molecule has 1 aromatic rings. The zero-order valence-electron chi connectivity index (χ0n) is 10.3. The Bertz CT molecular complexity index is 431. The number of benzene rings is 1. The second kappa shape index (κ2) is 5.59. The van der Waals surface area contributed by atoms with Gasteiger partial charge < -0.3 is 15.4 Å². The van der Waals surface area contributed by atoms with Crippen LogP contribution in [0.15, 0.2) is 24.3 Å². The molecule has 1 heterocycles. The molecule has 0 radical (unpaired) electrons. The summed E-state index contributed by atoms with van der Waals surface area (Å²) in [7, 11) is 0. The average Bonchev–Trinajstić information content (AvgIpc) is 2.73. The summed E-state index contributed by atoms with van der Waals surface area (Å²) in [6, 6.07) is 7.02. The van der Waals surface area contributed by atoms with Crippen molar-refractivity contribution in [2.45, 2.75) is 18.9 Å². The van der Waals surface area contributed by atoms with Crippen molar-refractivity contribution in [2.24, 2.45) is 0 Å². The summed E-state index contributed by atoms with van der Waals surface area (Å²) in [5, 5.41) is 6.80. The number of carbonyl (C=O) groups excluding carboxylic acids is 1. The van der Waals surface area contributed by atoms with Crippen LogP contribution in [0.25, 0.3) is 0 Å². The van der Waals surface area contributed by atoms with E-state index in [1.807, 2.05) is 6.92 Å². The maximum Gasteiger partial charge on any atom is 0.258 e. The van der Waals surface area contributed by atoms with Crippen LogP contribution < -0.4 is 15.4 Å². The van der Waals surface area contributed by atoms with Crippen molar-refractivity contribution in [1.29, 1.82) is 0 Å². The van der Waals surface area contributed by atoms with Crippen LogP contribution in [0, 0.1) is 0 Å². The molecule has 1 fully saturated rings. The summed E-state index contributed by atoms with van der Waals surface area (Å²) in [5.41, 5.74) is -0.158. The molecule has 1 aliphatic heterocycles. The molecule has 1 unspecified atom stereocenters. The lowest BCUT2D eigenvalue weighted by molar-refractivity contribution is -0.124. The Labute approximate surface area is 112 Å². The zero-order valence-corrected chi connectivity index (χ0v) is 11.1. The van der Waals surface area contributed by atoms with Crippen molar-refractivity contribution in [3.63, 3.8) is 0 Å². The van der Waals surface area contributed by atoms with E-state index in [2.05, 4.69) is 10.6 Å². The van der Waals surface area contributed by atoms with Gasteiger partial charge in [0.2, 0.25) is 0 Å². The Kier molecular flexibility index (Phi) is 4.09. The molecule has 0 aliphatic carbocycles. The van der Waals surface area contributed by atoms with E-state index < -0.39 is 0 Å². The smallest absolute Gasteiger partial charge is 0.258 e. The number of amides is 1. The van der Waals surface area contributed by atoms with Gasteiger partial charge in [0.25, 0.3) is 5.91 Å². The van der Waals surface area contributed by atoms with Gasteiger partial charge in [0.05, 0.1) is 5.54 Å². The Morgan fingerprint density at radius 3 is 3.11 bits per heavy atom. The second-order valence-electron chi connectivity index (χ2n) is 4.78. The molecule has 1 aliphatic rings. The normalized spacial score (nSPS) is 22.8. The lowest BCUT2D eigenvalue weighted by Gasteiger charge is -2.24. The summed E-state index contributed by atoms with van der Waals surface area (Å²) in [5.74, 6) is 0.494. The Morgan fingerprint density at radius 1 is 1.61 bits per heavy atom. The second-order valence-corrected chi connectivity index (χ2v) is 5.22. The maximum atomic E-state index is 11.8. The van der Waals surface area contributed by atoms with Crippen molar-refractivity contribution in [1.82, 2.24) is 10.6 Å². The standard InChI is InChI=1S/C13H17ClN2O2/c1-13(5-6-15-9-13)16-12(17)8-18-11-4-2-3-10(14)7-11/h2-4,7,15H,5-6,8-9H2,1H3,(H,16,17). The Hall–Kier alpha value is -1.26. The summed E-state index contributed by atoms with van der Waals surface area (Å²) in [6.45, 7) is 3.78. The molecule has 1 amide bonds.